The van der Waals surface area contributed by atoms with Crippen molar-refractivity contribution < 1.29 is 19.1 Å². The molecule has 0 saturated heterocycles. The van der Waals surface area contributed by atoms with Gasteiger partial charge in [-0.3, -0.25) is 9.59 Å². The van der Waals surface area contributed by atoms with Gasteiger partial charge < -0.3 is 10.1 Å². The first-order valence-corrected chi connectivity index (χ1v) is 8.73. The van der Waals surface area contributed by atoms with Gasteiger partial charge in [0, 0.05) is 0 Å². The van der Waals surface area contributed by atoms with Gasteiger partial charge in [0.05, 0.1) is 10.9 Å². The predicted molar refractivity (Wildman–Crippen MR) is 88.8 cm³/mol. The zero-order valence-electron chi connectivity index (χ0n) is 13.8. The quantitative estimate of drug-likeness (QED) is 0.652. The number of hydrogen-bond acceptors (Lipinski definition) is 6. The highest BCUT2D eigenvalue weighted by atomic mass is 32.1. The highest BCUT2D eigenvalue weighted by molar-refractivity contribution is 7.15. The molecule has 1 fully saturated rings. The maximum Gasteiger partial charge on any atom is 0.349 e. The van der Waals surface area contributed by atoms with Crippen molar-refractivity contribution in [2.75, 3.05) is 0 Å². The third-order valence-corrected chi connectivity index (χ3v) is 5.26. The average molecular weight is 348 g/mol. The van der Waals surface area contributed by atoms with Crippen molar-refractivity contribution in [1.29, 1.82) is 5.26 Å². The number of amides is 1. The molecule has 1 aliphatic rings. The van der Waals surface area contributed by atoms with Crippen molar-refractivity contribution in [3.8, 4) is 6.07 Å². The Balaban J connectivity index is 1.96. The number of nitriles is 1. The molecule has 1 atom stereocenters. The Kier molecular flexibility index (Phi) is 5.73. The molecule has 128 valence electrons. The van der Waals surface area contributed by atoms with Gasteiger partial charge in [-0.2, -0.15) is 5.26 Å². The number of hydrogen-bond donors (Lipinski definition) is 1. The molecule has 1 aromatic rings. The second-order valence-electron chi connectivity index (χ2n) is 6.01. The van der Waals surface area contributed by atoms with Gasteiger partial charge in [0.15, 0.2) is 11.9 Å². The van der Waals surface area contributed by atoms with E-state index in [0.29, 0.717) is 17.7 Å². The molecule has 24 heavy (non-hydrogen) atoms. The van der Waals surface area contributed by atoms with Gasteiger partial charge in [-0.05, 0) is 38.8 Å². The van der Waals surface area contributed by atoms with E-state index in [0.717, 1.165) is 30.6 Å². The molecule has 0 radical (unpaired) electrons. The lowest BCUT2D eigenvalue weighted by Crippen LogP contribution is -2.52. The first kappa shape index (κ1) is 18.1. The summed E-state index contributed by atoms with van der Waals surface area (Å²) in [4.78, 5) is 36.3. The fraction of sp³-hybridized carbons (Fsp3) is 0.529. The SMILES string of the molecule is CC(=O)c1ccc(C(=O)OC(C)C(=O)NC2(C#N)CCCCC2)s1. The number of rotatable bonds is 5. The van der Waals surface area contributed by atoms with Gasteiger partial charge in [-0.1, -0.05) is 19.3 Å². The monoisotopic (exact) mass is 348 g/mol. The molecule has 2 rings (SSSR count). The summed E-state index contributed by atoms with van der Waals surface area (Å²) >= 11 is 1.03. The van der Waals surface area contributed by atoms with Gasteiger partial charge in [0.1, 0.15) is 10.4 Å². The van der Waals surface area contributed by atoms with Crippen LogP contribution in [-0.4, -0.2) is 29.3 Å². The van der Waals surface area contributed by atoms with Crippen LogP contribution in [0.3, 0.4) is 0 Å². The first-order valence-electron chi connectivity index (χ1n) is 7.92. The molecule has 1 N–H and O–H groups in total. The van der Waals surface area contributed by atoms with Crippen LogP contribution in [0.1, 0.15) is 65.3 Å². The summed E-state index contributed by atoms with van der Waals surface area (Å²) in [5.74, 6) is -1.25. The smallest absolute Gasteiger partial charge is 0.349 e. The summed E-state index contributed by atoms with van der Waals surface area (Å²) in [6.07, 6.45) is 3.06. The maximum absolute atomic E-state index is 12.3. The molecule has 7 heteroatoms. The lowest BCUT2D eigenvalue weighted by atomic mass is 9.83. The Morgan fingerprint density at radius 3 is 2.42 bits per heavy atom. The number of carbonyl (C=O) groups excluding carboxylic acids is 3. The van der Waals surface area contributed by atoms with E-state index in [1.165, 1.54) is 19.9 Å². The number of thiophene rings is 1. The first-order chi connectivity index (χ1) is 11.4. The summed E-state index contributed by atoms with van der Waals surface area (Å²) in [7, 11) is 0. The zero-order valence-corrected chi connectivity index (χ0v) is 14.6. The second kappa shape index (κ2) is 7.58. The van der Waals surface area contributed by atoms with Crippen molar-refractivity contribution >= 4 is 29.0 Å². The molecular formula is C17H20N2O4S. The number of nitrogens with zero attached hydrogens (tertiary/aromatic N) is 1. The van der Waals surface area contributed by atoms with Crippen LogP contribution in [-0.2, 0) is 9.53 Å². The molecule has 6 nitrogen and oxygen atoms in total. The summed E-state index contributed by atoms with van der Waals surface area (Å²) in [6, 6.07) is 5.26. The highest BCUT2D eigenvalue weighted by Gasteiger charge is 2.35. The number of esters is 1. The summed E-state index contributed by atoms with van der Waals surface area (Å²) in [5.41, 5.74) is -0.860. The van der Waals surface area contributed by atoms with Crippen LogP contribution in [0.2, 0.25) is 0 Å². The van der Waals surface area contributed by atoms with Crippen LogP contribution >= 0.6 is 11.3 Å². The minimum Gasteiger partial charge on any atom is -0.448 e. The van der Waals surface area contributed by atoms with Crippen molar-refractivity contribution in [1.82, 2.24) is 5.32 Å². The molecule has 0 aliphatic heterocycles. The Morgan fingerprint density at radius 2 is 1.88 bits per heavy atom. The number of Topliss-reactive ketones (excluding diaryl/α,β-unsaturated/α-hetero) is 1. The van der Waals surface area contributed by atoms with E-state index in [1.807, 2.05) is 0 Å². The molecular weight excluding hydrogens is 328 g/mol. The van der Waals surface area contributed by atoms with E-state index >= 15 is 0 Å². The molecule has 1 heterocycles. The fourth-order valence-electron chi connectivity index (χ4n) is 2.67. The summed E-state index contributed by atoms with van der Waals surface area (Å²) in [5, 5.41) is 12.1. The van der Waals surface area contributed by atoms with Gasteiger partial charge in [-0.25, -0.2) is 4.79 Å². The summed E-state index contributed by atoms with van der Waals surface area (Å²) < 4.78 is 5.16. The number of carbonyl (C=O) groups is 3. The molecule has 0 aromatic carbocycles. The molecule has 1 saturated carbocycles. The van der Waals surface area contributed by atoms with Crippen LogP contribution in [0.15, 0.2) is 12.1 Å². The van der Waals surface area contributed by atoms with Gasteiger partial charge in [0.25, 0.3) is 5.91 Å². The van der Waals surface area contributed by atoms with E-state index in [9.17, 15) is 19.6 Å². The van der Waals surface area contributed by atoms with Crippen LogP contribution in [0.25, 0.3) is 0 Å². The largest absolute Gasteiger partial charge is 0.448 e. The third kappa shape index (κ3) is 4.20. The van der Waals surface area contributed by atoms with Gasteiger partial charge >= 0.3 is 5.97 Å². The van der Waals surface area contributed by atoms with Gasteiger partial charge in [-0.15, -0.1) is 11.3 Å². The predicted octanol–water partition coefficient (Wildman–Crippen LogP) is 2.84. The molecule has 1 aliphatic carbocycles. The van der Waals surface area contributed by atoms with Gasteiger partial charge in [0.2, 0.25) is 0 Å². The van der Waals surface area contributed by atoms with Crippen molar-refractivity contribution in [3.63, 3.8) is 0 Å². The topological polar surface area (TPSA) is 96.3 Å². The van der Waals surface area contributed by atoms with E-state index < -0.39 is 23.5 Å². The van der Waals surface area contributed by atoms with Crippen molar-refractivity contribution in [3.05, 3.63) is 21.9 Å². The van der Waals surface area contributed by atoms with E-state index in [1.54, 1.807) is 6.07 Å². The summed E-state index contributed by atoms with van der Waals surface area (Å²) in [6.45, 7) is 2.89. The molecule has 0 bridgehead atoms. The zero-order chi connectivity index (χ0) is 17.7. The number of ketones is 1. The standard InChI is InChI=1S/C17H20N2O4S/c1-11(20)13-6-7-14(24-13)16(22)23-12(2)15(21)19-17(10-18)8-4-3-5-9-17/h6-7,12H,3-5,8-9H2,1-2H3,(H,19,21). The van der Waals surface area contributed by atoms with E-state index in [2.05, 4.69) is 11.4 Å². The van der Waals surface area contributed by atoms with Crippen LogP contribution in [0.5, 0.6) is 0 Å². The fourth-order valence-corrected chi connectivity index (χ4v) is 3.45. The molecule has 0 spiro atoms. The highest BCUT2D eigenvalue weighted by Crippen LogP contribution is 2.27. The van der Waals surface area contributed by atoms with Crippen LogP contribution in [0, 0.1) is 11.3 Å². The Hall–Kier alpha value is -2.20. The minimum absolute atomic E-state index is 0.127. The molecule has 1 aromatic heterocycles. The lowest BCUT2D eigenvalue weighted by Gasteiger charge is -2.32. The third-order valence-electron chi connectivity index (χ3n) is 4.09. The Morgan fingerprint density at radius 1 is 1.25 bits per heavy atom. The Labute approximate surface area is 144 Å². The van der Waals surface area contributed by atoms with Crippen molar-refractivity contribution in [2.45, 2.75) is 57.6 Å². The number of ether oxygens (including phenoxy) is 1. The Bertz CT molecular complexity index is 683. The minimum atomic E-state index is -1.01. The average Bonchev–Trinajstić information content (AvgIpc) is 3.06. The molecule has 1 unspecified atom stereocenters. The second-order valence-corrected chi connectivity index (χ2v) is 7.10. The van der Waals surface area contributed by atoms with E-state index in [4.69, 9.17) is 4.74 Å². The maximum atomic E-state index is 12.3. The molecule has 1 amide bonds. The van der Waals surface area contributed by atoms with Crippen molar-refractivity contribution in [2.24, 2.45) is 0 Å². The number of nitrogens with one attached hydrogen (secondary N) is 1. The van der Waals surface area contributed by atoms with E-state index in [-0.39, 0.29) is 10.7 Å². The lowest BCUT2D eigenvalue weighted by molar-refractivity contribution is -0.130. The normalized spacial score (nSPS) is 17.4. The van der Waals surface area contributed by atoms with Crippen LogP contribution < -0.4 is 5.32 Å². The van der Waals surface area contributed by atoms with Crippen LogP contribution in [0.4, 0.5) is 0 Å².